The second-order valence-corrected chi connectivity index (χ2v) is 7.91. The third-order valence-electron chi connectivity index (χ3n) is 3.58. The monoisotopic (exact) mass is 389 g/mol. The molecule has 0 aliphatic heterocycles. The molecule has 25 heavy (non-hydrogen) atoms. The fourth-order valence-corrected chi connectivity index (χ4v) is 2.88. The number of hydrogen-bond acceptors (Lipinski definition) is 6. The summed E-state index contributed by atoms with van der Waals surface area (Å²) in [7, 11) is -4.74. The van der Waals surface area contributed by atoms with Crippen molar-refractivity contribution in [2.24, 2.45) is 11.8 Å². The molecular formula is C16H30NaO7S. The largest absolute Gasteiger partial charge is 0.465 e. The van der Waals surface area contributed by atoms with E-state index in [0.717, 1.165) is 25.7 Å². The van der Waals surface area contributed by atoms with Gasteiger partial charge in [0.25, 0.3) is 10.1 Å². The minimum absolute atomic E-state index is 0. The van der Waals surface area contributed by atoms with E-state index in [1.165, 1.54) is 0 Å². The summed E-state index contributed by atoms with van der Waals surface area (Å²) in [5, 5.41) is -1.94. The number of carbonyl (C=O) groups excluding carboxylic acids is 2. The van der Waals surface area contributed by atoms with Gasteiger partial charge in [-0.2, -0.15) is 8.42 Å². The molecule has 0 fully saturated rings. The summed E-state index contributed by atoms with van der Waals surface area (Å²) < 4.78 is 41.8. The van der Waals surface area contributed by atoms with E-state index in [-0.39, 0.29) is 54.6 Å². The van der Waals surface area contributed by atoms with Gasteiger partial charge in [0, 0.05) is 29.6 Å². The summed E-state index contributed by atoms with van der Waals surface area (Å²) in [6.45, 7) is 7.94. The maximum atomic E-state index is 11.9. The van der Waals surface area contributed by atoms with E-state index in [9.17, 15) is 22.6 Å². The van der Waals surface area contributed by atoms with Crippen molar-refractivity contribution >= 4 is 51.6 Å². The van der Waals surface area contributed by atoms with Crippen molar-refractivity contribution in [3.05, 3.63) is 0 Å². The van der Waals surface area contributed by atoms with Gasteiger partial charge in [0.1, 0.15) is 0 Å². The standard InChI is InChI=1S/C16H30O7S.Na/c1-5-7-12(3)10-22-15(17)9-14(24(19,20)21)16(18)23-11-13(4)8-6-2;/h12-14H,5-11H2,1-4H3,(H,19,20,21);. The van der Waals surface area contributed by atoms with E-state index in [1.807, 2.05) is 27.7 Å². The van der Waals surface area contributed by atoms with Gasteiger partial charge < -0.3 is 9.47 Å². The minimum Gasteiger partial charge on any atom is -0.465 e. The van der Waals surface area contributed by atoms with Gasteiger partial charge in [0.2, 0.25) is 0 Å². The minimum atomic E-state index is -4.74. The summed E-state index contributed by atoms with van der Waals surface area (Å²) in [6, 6.07) is 0. The Labute approximate surface area is 173 Å². The third-order valence-corrected chi connectivity index (χ3v) is 4.65. The predicted molar refractivity (Wildman–Crippen MR) is 95.8 cm³/mol. The normalized spacial score (nSPS) is 14.8. The Hall–Kier alpha value is -0.150. The van der Waals surface area contributed by atoms with Crippen LogP contribution in [0, 0.1) is 11.8 Å². The van der Waals surface area contributed by atoms with Crippen molar-refractivity contribution in [1.29, 1.82) is 0 Å². The van der Waals surface area contributed by atoms with Gasteiger partial charge in [-0.15, -0.1) is 0 Å². The van der Waals surface area contributed by atoms with Crippen molar-refractivity contribution in [1.82, 2.24) is 0 Å². The molecule has 0 aliphatic rings. The van der Waals surface area contributed by atoms with E-state index in [2.05, 4.69) is 0 Å². The zero-order valence-electron chi connectivity index (χ0n) is 16.0. The van der Waals surface area contributed by atoms with E-state index in [1.54, 1.807) is 0 Å². The number of esters is 2. The van der Waals surface area contributed by atoms with Crippen molar-refractivity contribution in [2.45, 2.75) is 65.0 Å². The predicted octanol–water partition coefficient (Wildman–Crippen LogP) is 2.21. The zero-order valence-corrected chi connectivity index (χ0v) is 18.8. The van der Waals surface area contributed by atoms with Crippen LogP contribution in [0.3, 0.4) is 0 Å². The molecule has 0 aromatic heterocycles. The first-order chi connectivity index (χ1) is 11.1. The fraction of sp³-hybridized carbons (Fsp3) is 0.875. The molecule has 0 saturated carbocycles. The van der Waals surface area contributed by atoms with Gasteiger partial charge in [-0.05, 0) is 24.7 Å². The summed E-state index contributed by atoms with van der Waals surface area (Å²) >= 11 is 0. The molecule has 0 spiro atoms. The first-order valence-electron chi connectivity index (χ1n) is 8.40. The molecule has 0 aliphatic carbocycles. The molecule has 7 nitrogen and oxygen atoms in total. The summed E-state index contributed by atoms with van der Waals surface area (Å²) in [6.07, 6.45) is 2.78. The summed E-state index contributed by atoms with van der Waals surface area (Å²) in [4.78, 5) is 23.7. The molecule has 9 heteroatoms. The van der Waals surface area contributed by atoms with Crippen LogP contribution in [0.5, 0.6) is 0 Å². The van der Waals surface area contributed by atoms with E-state index in [4.69, 9.17) is 9.47 Å². The molecule has 0 heterocycles. The first-order valence-corrected chi connectivity index (χ1v) is 9.90. The molecule has 143 valence electrons. The van der Waals surface area contributed by atoms with Gasteiger partial charge in [-0.25, -0.2) is 0 Å². The second kappa shape index (κ2) is 14.0. The first kappa shape index (κ1) is 27.1. The Morgan fingerprint density at radius 3 is 1.80 bits per heavy atom. The van der Waals surface area contributed by atoms with Gasteiger partial charge in [-0.3, -0.25) is 14.1 Å². The van der Waals surface area contributed by atoms with Crippen LogP contribution in [-0.4, -0.2) is 72.9 Å². The van der Waals surface area contributed by atoms with Gasteiger partial charge in [-0.1, -0.05) is 40.5 Å². The molecule has 0 bridgehead atoms. The Morgan fingerprint density at radius 1 is 0.960 bits per heavy atom. The topological polar surface area (TPSA) is 107 Å². The van der Waals surface area contributed by atoms with Crippen LogP contribution in [0.15, 0.2) is 0 Å². The van der Waals surface area contributed by atoms with E-state index >= 15 is 0 Å². The molecule has 1 radical (unpaired) electrons. The van der Waals surface area contributed by atoms with E-state index < -0.39 is 33.7 Å². The van der Waals surface area contributed by atoms with Gasteiger partial charge >= 0.3 is 11.9 Å². The van der Waals surface area contributed by atoms with Crippen LogP contribution in [0.4, 0.5) is 0 Å². The molecule has 0 amide bonds. The van der Waals surface area contributed by atoms with Crippen molar-refractivity contribution in [2.75, 3.05) is 13.2 Å². The maximum absolute atomic E-state index is 11.9. The van der Waals surface area contributed by atoms with Crippen LogP contribution in [0.2, 0.25) is 0 Å². The van der Waals surface area contributed by atoms with Crippen LogP contribution in [0.25, 0.3) is 0 Å². The smallest absolute Gasteiger partial charge is 0.327 e. The molecule has 3 atom stereocenters. The average molecular weight is 389 g/mol. The van der Waals surface area contributed by atoms with Gasteiger partial charge in [0.05, 0.1) is 19.6 Å². The number of rotatable bonds is 12. The van der Waals surface area contributed by atoms with Crippen LogP contribution in [-0.2, 0) is 29.2 Å². The maximum Gasteiger partial charge on any atom is 0.327 e. The van der Waals surface area contributed by atoms with Crippen LogP contribution in [0.1, 0.15) is 59.8 Å². The van der Waals surface area contributed by atoms with Crippen molar-refractivity contribution in [3.63, 3.8) is 0 Å². The fourth-order valence-electron chi connectivity index (χ4n) is 2.23. The van der Waals surface area contributed by atoms with E-state index in [0.29, 0.717) is 0 Å². The Balaban J connectivity index is 0. The Kier molecular flexibility index (Phi) is 15.1. The quantitative estimate of drug-likeness (QED) is 0.310. The Morgan fingerprint density at radius 2 is 1.40 bits per heavy atom. The molecular weight excluding hydrogens is 359 g/mol. The third kappa shape index (κ3) is 12.8. The van der Waals surface area contributed by atoms with Crippen LogP contribution >= 0.6 is 0 Å². The number of ether oxygens (including phenoxy) is 2. The molecule has 0 saturated heterocycles. The molecule has 3 unspecified atom stereocenters. The Bertz CT molecular complexity index is 493. The summed E-state index contributed by atoms with van der Waals surface area (Å²) in [5.74, 6) is -1.76. The van der Waals surface area contributed by atoms with Crippen molar-refractivity contribution < 1.29 is 32.0 Å². The molecule has 0 aromatic carbocycles. The average Bonchev–Trinajstić information content (AvgIpc) is 2.47. The SMILES string of the molecule is CCCC(C)COC(=O)CC(C(=O)OCC(C)CCC)S(=O)(=O)O.[Na]. The number of hydrogen-bond donors (Lipinski definition) is 1. The van der Waals surface area contributed by atoms with Crippen molar-refractivity contribution in [3.8, 4) is 0 Å². The zero-order chi connectivity index (χ0) is 18.8. The van der Waals surface area contributed by atoms with Gasteiger partial charge in [0.15, 0.2) is 5.25 Å². The molecule has 0 rings (SSSR count). The molecule has 0 aromatic rings. The molecule has 1 N–H and O–H groups in total. The second-order valence-electron chi connectivity index (χ2n) is 6.31. The summed E-state index contributed by atoms with van der Waals surface area (Å²) in [5.41, 5.74) is 0. The van der Waals surface area contributed by atoms with Crippen LogP contribution < -0.4 is 0 Å². The number of carbonyl (C=O) groups is 2.